The number of benzene rings is 1. The van der Waals surface area contributed by atoms with Crippen molar-refractivity contribution in [1.82, 2.24) is 4.90 Å². The van der Waals surface area contributed by atoms with Gasteiger partial charge in [-0.15, -0.1) is 0 Å². The Balaban J connectivity index is 1.34. The Labute approximate surface area is 189 Å². The maximum Gasteiger partial charge on any atom is 0.247 e. The van der Waals surface area contributed by atoms with Gasteiger partial charge in [0.1, 0.15) is 6.04 Å². The molecule has 1 N–H and O–H groups in total. The van der Waals surface area contributed by atoms with Gasteiger partial charge in [0.05, 0.1) is 26.7 Å². The summed E-state index contributed by atoms with van der Waals surface area (Å²) < 4.78 is 16.2. The van der Waals surface area contributed by atoms with Gasteiger partial charge in [-0.05, 0) is 69.1 Å². The summed E-state index contributed by atoms with van der Waals surface area (Å²) in [6, 6.07) is 3.02. The van der Waals surface area contributed by atoms with Crippen molar-refractivity contribution in [2.45, 2.75) is 57.4 Å². The number of likely N-dealkylation sites (tertiary alicyclic amines) is 1. The molecule has 7 nitrogen and oxygen atoms in total. The van der Waals surface area contributed by atoms with Crippen LogP contribution in [-0.2, 0) is 9.59 Å². The molecule has 0 spiro atoms. The Hall–Kier alpha value is -2.44. The second kappa shape index (κ2) is 8.16. The Bertz CT molecular complexity index is 853. The number of hydrogen-bond acceptors (Lipinski definition) is 5. The first-order chi connectivity index (χ1) is 15.5. The number of carbonyl (C=O) groups is 2. The molecule has 4 saturated carbocycles. The highest BCUT2D eigenvalue weighted by Gasteiger charge is 2.56. The Morgan fingerprint density at radius 2 is 1.50 bits per heavy atom. The molecule has 4 aliphatic carbocycles. The van der Waals surface area contributed by atoms with E-state index in [1.54, 1.807) is 33.5 Å². The van der Waals surface area contributed by atoms with E-state index < -0.39 is 6.04 Å². The summed E-state index contributed by atoms with van der Waals surface area (Å²) in [4.78, 5) is 29.0. The molecular weight excluding hydrogens is 408 g/mol. The molecule has 5 aliphatic rings. The lowest BCUT2D eigenvalue weighted by atomic mass is 9.49. The van der Waals surface area contributed by atoms with Crippen molar-refractivity contribution >= 4 is 17.5 Å². The van der Waals surface area contributed by atoms with Gasteiger partial charge < -0.3 is 24.4 Å². The van der Waals surface area contributed by atoms with Crippen LogP contribution in [0.15, 0.2) is 12.1 Å². The van der Waals surface area contributed by atoms with Gasteiger partial charge in [-0.2, -0.15) is 0 Å². The fraction of sp³-hybridized carbons (Fsp3) is 0.680. The van der Waals surface area contributed by atoms with Gasteiger partial charge in [0.25, 0.3) is 0 Å². The van der Waals surface area contributed by atoms with E-state index in [9.17, 15) is 9.59 Å². The van der Waals surface area contributed by atoms with Crippen molar-refractivity contribution in [2.24, 2.45) is 23.2 Å². The minimum atomic E-state index is -0.422. The molecule has 32 heavy (non-hydrogen) atoms. The first-order valence-electron chi connectivity index (χ1n) is 11.9. The minimum Gasteiger partial charge on any atom is -0.493 e. The standard InChI is InChI=1S/C25H34N2O5/c1-30-20-10-18(11-21(31-2)22(20)32-3)26-23(28)19-5-4-6-27(19)24(29)25-12-15-7-16(13-25)9-17(8-15)14-25/h10-11,15-17,19H,4-9,12-14H2,1-3H3,(H,26,28)/t15?,16?,17?,19-,25?/m1/s1. The van der Waals surface area contributed by atoms with E-state index in [-0.39, 0.29) is 17.2 Å². The zero-order valence-electron chi connectivity index (χ0n) is 19.3. The Morgan fingerprint density at radius 3 is 2.00 bits per heavy atom. The maximum atomic E-state index is 13.8. The van der Waals surface area contributed by atoms with Crippen LogP contribution in [0.4, 0.5) is 5.69 Å². The smallest absolute Gasteiger partial charge is 0.247 e. The van der Waals surface area contributed by atoms with Crippen molar-refractivity contribution in [2.75, 3.05) is 33.2 Å². The van der Waals surface area contributed by atoms with Gasteiger partial charge in [0, 0.05) is 24.4 Å². The van der Waals surface area contributed by atoms with Crippen LogP contribution in [0, 0.1) is 23.2 Å². The zero-order chi connectivity index (χ0) is 22.5. The highest BCUT2D eigenvalue weighted by molar-refractivity contribution is 5.99. The second-order valence-electron chi connectivity index (χ2n) is 10.3. The lowest BCUT2D eigenvalue weighted by Crippen LogP contribution is -2.56. The summed E-state index contributed by atoms with van der Waals surface area (Å²) in [6.45, 7) is 0.675. The number of hydrogen-bond donors (Lipinski definition) is 1. The van der Waals surface area contributed by atoms with E-state index in [2.05, 4.69) is 5.32 Å². The molecule has 0 radical (unpaired) electrons. The summed E-state index contributed by atoms with van der Waals surface area (Å²) in [5.74, 6) is 3.66. The lowest BCUT2D eigenvalue weighted by molar-refractivity contribution is -0.160. The van der Waals surface area contributed by atoms with Crippen molar-refractivity contribution in [3.05, 3.63) is 12.1 Å². The fourth-order valence-corrected chi connectivity index (χ4v) is 7.34. The lowest BCUT2D eigenvalue weighted by Gasteiger charge is -2.56. The molecule has 6 rings (SSSR count). The molecule has 0 aromatic heterocycles. The summed E-state index contributed by atoms with van der Waals surface area (Å²) in [5.41, 5.74) is 0.350. The summed E-state index contributed by atoms with van der Waals surface area (Å²) in [7, 11) is 4.64. The second-order valence-corrected chi connectivity index (χ2v) is 10.3. The third kappa shape index (κ3) is 3.50. The number of nitrogens with zero attached hydrogens (tertiary/aromatic N) is 1. The van der Waals surface area contributed by atoms with Crippen LogP contribution >= 0.6 is 0 Å². The SMILES string of the molecule is COc1cc(NC(=O)[C@H]2CCCN2C(=O)C23CC4CC(CC(C4)C2)C3)cc(OC)c1OC. The van der Waals surface area contributed by atoms with E-state index in [0.717, 1.165) is 25.7 Å². The molecule has 5 fully saturated rings. The largest absolute Gasteiger partial charge is 0.493 e. The van der Waals surface area contributed by atoms with Crippen LogP contribution in [0.1, 0.15) is 51.4 Å². The van der Waals surface area contributed by atoms with E-state index in [0.29, 0.717) is 53.7 Å². The maximum absolute atomic E-state index is 13.8. The predicted molar refractivity (Wildman–Crippen MR) is 120 cm³/mol. The highest BCUT2D eigenvalue weighted by atomic mass is 16.5. The number of nitrogens with one attached hydrogen (secondary N) is 1. The van der Waals surface area contributed by atoms with Gasteiger partial charge in [-0.3, -0.25) is 9.59 Å². The molecule has 1 aromatic carbocycles. The first-order valence-corrected chi connectivity index (χ1v) is 11.9. The average molecular weight is 443 g/mol. The molecule has 7 heteroatoms. The van der Waals surface area contributed by atoms with E-state index in [1.807, 2.05) is 4.90 Å². The topological polar surface area (TPSA) is 77.1 Å². The van der Waals surface area contributed by atoms with Gasteiger partial charge >= 0.3 is 0 Å². The zero-order valence-corrected chi connectivity index (χ0v) is 19.3. The van der Waals surface area contributed by atoms with Crippen molar-refractivity contribution in [1.29, 1.82) is 0 Å². The molecule has 174 valence electrons. The van der Waals surface area contributed by atoms with Gasteiger partial charge in [-0.1, -0.05) is 0 Å². The summed E-state index contributed by atoms with van der Waals surface area (Å²) >= 11 is 0. The minimum absolute atomic E-state index is 0.144. The highest BCUT2D eigenvalue weighted by Crippen LogP contribution is 2.60. The molecule has 2 amide bonds. The average Bonchev–Trinajstić information content (AvgIpc) is 3.26. The quantitative estimate of drug-likeness (QED) is 0.724. The van der Waals surface area contributed by atoms with Crippen molar-refractivity contribution in [3.8, 4) is 17.2 Å². The Kier molecular flexibility index (Phi) is 5.46. The first kappa shape index (κ1) is 21.4. The molecule has 1 saturated heterocycles. The normalized spacial score (nSPS) is 32.7. The third-order valence-electron chi connectivity index (χ3n) is 8.24. The van der Waals surface area contributed by atoms with E-state index in [4.69, 9.17) is 14.2 Å². The number of amides is 2. The molecule has 1 aromatic rings. The summed E-state index contributed by atoms with van der Waals surface area (Å²) in [5, 5.41) is 2.99. The summed E-state index contributed by atoms with van der Waals surface area (Å²) in [6.07, 6.45) is 8.55. The van der Waals surface area contributed by atoms with Gasteiger partial charge in [0.15, 0.2) is 11.5 Å². The van der Waals surface area contributed by atoms with Crippen LogP contribution in [0.5, 0.6) is 17.2 Å². The van der Waals surface area contributed by atoms with Crippen LogP contribution < -0.4 is 19.5 Å². The fourth-order valence-electron chi connectivity index (χ4n) is 7.34. The van der Waals surface area contributed by atoms with Gasteiger partial charge in [-0.25, -0.2) is 0 Å². The number of methoxy groups -OCH3 is 3. The van der Waals surface area contributed by atoms with Crippen LogP contribution in [-0.4, -0.2) is 50.6 Å². The number of carbonyl (C=O) groups excluding carboxylic acids is 2. The van der Waals surface area contributed by atoms with Crippen molar-refractivity contribution in [3.63, 3.8) is 0 Å². The predicted octanol–water partition coefficient (Wildman–Crippen LogP) is 3.86. The molecule has 1 heterocycles. The van der Waals surface area contributed by atoms with Crippen LogP contribution in [0.25, 0.3) is 0 Å². The van der Waals surface area contributed by atoms with Crippen LogP contribution in [0.3, 0.4) is 0 Å². The van der Waals surface area contributed by atoms with Gasteiger partial charge in [0.2, 0.25) is 17.6 Å². The number of rotatable bonds is 6. The number of anilines is 1. The molecule has 0 unspecified atom stereocenters. The molecule has 1 atom stereocenters. The number of ether oxygens (including phenoxy) is 3. The molecule has 4 bridgehead atoms. The molecular formula is C25H34N2O5. The van der Waals surface area contributed by atoms with E-state index >= 15 is 0 Å². The van der Waals surface area contributed by atoms with E-state index in [1.165, 1.54) is 19.3 Å². The molecule has 1 aliphatic heterocycles. The third-order valence-corrected chi connectivity index (χ3v) is 8.24. The monoisotopic (exact) mass is 442 g/mol. The van der Waals surface area contributed by atoms with Crippen LogP contribution in [0.2, 0.25) is 0 Å². The Morgan fingerprint density at radius 1 is 0.938 bits per heavy atom. The van der Waals surface area contributed by atoms with Crippen molar-refractivity contribution < 1.29 is 23.8 Å².